The van der Waals surface area contributed by atoms with Crippen molar-refractivity contribution in [3.05, 3.63) is 81.8 Å². The summed E-state index contributed by atoms with van der Waals surface area (Å²) in [5.41, 5.74) is 1.87. The molecule has 1 heterocycles. The van der Waals surface area contributed by atoms with Gasteiger partial charge in [0, 0.05) is 29.3 Å². The van der Waals surface area contributed by atoms with Crippen LogP contribution < -0.4 is 0 Å². The van der Waals surface area contributed by atoms with Crippen molar-refractivity contribution in [2.45, 2.75) is 38.5 Å². The molecule has 0 unspecified atom stereocenters. The maximum absolute atomic E-state index is 13.8. The number of nitriles is 1. The number of piperidine rings is 1. The maximum atomic E-state index is 13.8. The molecule has 0 aromatic heterocycles. The van der Waals surface area contributed by atoms with E-state index in [0.29, 0.717) is 19.4 Å². The first kappa shape index (κ1) is 19.9. The summed E-state index contributed by atoms with van der Waals surface area (Å²) >= 11 is 3.46. The van der Waals surface area contributed by atoms with Crippen LogP contribution in [-0.4, -0.2) is 22.1 Å². The molecule has 4 nitrogen and oxygen atoms in total. The average Bonchev–Trinajstić information content (AvgIpc) is 2.72. The van der Waals surface area contributed by atoms with Crippen LogP contribution in [0.25, 0.3) is 0 Å². The molecule has 148 valence electrons. The second-order valence-corrected chi connectivity index (χ2v) is 8.96. The Balaban J connectivity index is 1.78. The average molecular weight is 451 g/mol. The SMILES string of the molecule is CC1=C[C@@H]2C[C@H](O)N(Cc3ccccc3)C(=O)[C@]2(C#N)[C@H](c2ccc(Br)cc2)C1. The minimum atomic E-state index is -1.21. The third-order valence-electron chi connectivity index (χ3n) is 6.24. The summed E-state index contributed by atoms with van der Waals surface area (Å²) in [5.74, 6) is -0.817. The third-order valence-corrected chi connectivity index (χ3v) is 6.77. The zero-order valence-electron chi connectivity index (χ0n) is 16.3. The van der Waals surface area contributed by atoms with E-state index >= 15 is 0 Å². The molecular formula is C24H23BrN2O2. The Morgan fingerprint density at radius 3 is 2.55 bits per heavy atom. The number of benzene rings is 2. The number of halogens is 1. The Morgan fingerprint density at radius 1 is 1.21 bits per heavy atom. The Hall–Kier alpha value is -2.42. The monoisotopic (exact) mass is 450 g/mol. The van der Waals surface area contributed by atoms with E-state index in [9.17, 15) is 15.2 Å². The van der Waals surface area contributed by atoms with E-state index in [-0.39, 0.29) is 17.7 Å². The van der Waals surface area contributed by atoms with Crippen molar-refractivity contribution >= 4 is 21.8 Å². The number of carbonyl (C=O) groups excluding carboxylic acids is 1. The summed E-state index contributed by atoms with van der Waals surface area (Å²) < 4.78 is 0.961. The summed E-state index contributed by atoms with van der Waals surface area (Å²) in [6.45, 7) is 2.34. The van der Waals surface area contributed by atoms with E-state index in [2.05, 4.69) is 22.0 Å². The number of hydrogen-bond donors (Lipinski definition) is 1. The molecule has 4 rings (SSSR count). The Bertz CT molecular complexity index is 980. The quantitative estimate of drug-likeness (QED) is 0.685. The van der Waals surface area contributed by atoms with Gasteiger partial charge in [0.2, 0.25) is 5.91 Å². The van der Waals surface area contributed by atoms with Gasteiger partial charge >= 0.3 is 0 Å². The van der Waals surface area contributed by atoms with Crippen LogP contribution in [0.15, 0.2) is 70.7 Å². The van der Waals surface area contributed by atoms with Crippen molar-refractivity contribution in [2.24, 2.45) is 11.3 Å². The zero-order valence-corrected chi connectivity index (χ0v) is 17.8. The van der Waals surface area contributed by atoms with Crippen molar-refractivity contribution < 1.29 is 9.90 Å². The molecule has 1 saturated heterocycles. The molecule has 0 saturated carbocycles. The van der Waals surface area contributed by atoms with Crippen molar-refractivity contribution in [3.8, 4) is 6.07 Å². The molecule has 29 heavy (non-hydrogen) atoms. The number of fused-ring (bicyclic) bond motifs is 1. The van der Waals surface area contributed by atoms with Crippen LogP contribution in [0.1, 0.15) is 36.8 Å². The molecule has 0 bridgehead atoms. The first-order valence-electron chi connectivity index (χ1n) is 9.82. The molecule has 5 heteroatoms. The molecule has 4 atom stereocenters. The highest BCUT2D eigenvalue weighted by molar-refractivity contribution is 9.10. The summed E-state index contributed by atoms with van der Waals surface area (Å²) in [7, 11) is 0. The van der Waals surface area contributed by atoms with Crippen LogP contribution in [0.4, 0.5) is 0 Å². The number of carbonyl (C=O) groups is 1. The Kier molecular flexibility index (Phi) is 5.33. The molecule has 2 aromatic rings. The van der Waals surface area contributed by atoms with Gasteiger partial charge in [-0.25, -0.2) is 0 Å². The number of aliphatic hydroxyl groups is 1. The van der Waals surface area contributed by atoms with Crippen LogP contribution in [-0.2, 0) is 11.3 Å². The molecular weight excluding hydrogens is 428 g/mol. The van der Waals surface area contributed by atoms with Gasteiger partial charge in [-0.15, -0.1) is 0 Å². The molecule has 1 amide bonds. The van der Waals surface area contributed by atoms with Gasteiger partial charge in [0.25, 0.3) is 0 Å². The first-order chi connectivity index (χ1) is 14.0. The van der Waals surface area contributed by atoms with Gasteiger partial charge in [0.1, 0.15) is 11.6 Å². The van der Waals surface area contributed by atoms with Gasteiger partial charge in [-0.2, -0.15) is 5.26 Å². The van der Waals surface area contributed by atoms with Crippen LogP contribution in [0.5, 0.6) is 0 Å². The molecule has 1 aliphatic carbocycles. The Labute approximate surface area is 179 Å². The lowest BCUT2D eigenvalue weighted by atomic mass is 9.56. The number of likely N-dealkylation sites (tertiary alicyclic amines) is 1. The van der Waals surface area contributed by atoms with Gasteiger partial charge in [-0.1, -0.05) is 70.0 Å². The molecule has 2 aromatic carbocycles. The predicted molar refractivity (Wildman–Crippen MR) is 114 cm³/mol. The van der Waals surface area contributed by atoms with E-state index in [4.69, 9.17) is 0 Å². The smallest absolute Gasteiger partial charge is 0.246 e. The summed E-state index contributed by atoms with van der Waals surface area (Å²) in [5, 5.41) is 21.2. The van der Waals surface area contributed by atoms with E-state index < -0.39 is 11.6 Å². The number of amides is 1. The van der Waals surface area contributed by atoms with Crippen LogP contribution in [0, 0.1) is 22.7 Å². The molecule has 1 fully saturated rings. The first-order valence-corrected chi connectivity index (χ1v) is 10.6. The standard InChI is InChI=1S/C24H23BrN2O2/c1-16-11-19-13-22(28)27(14-17-5-3-2-4-6-17)23(29)24(19,15-26)21(12-16)18-7-9-20(25)10-8-18/h2-11,19,21-22,28H,12-14H2,1H3/t19-,21+,22+,24+/m1/s1. The number of hydrogen-bond acceptors (Lipinski definition) is 3. The van der Waals surface area contributed by atoms with Gasteiger partial charge in [0.05, 0.1) is 6.07 Å². The van der Waals surface area contributed by atoms with Crippen molar-refractivity contribution in [3.63, 3.8) is 0 Å². The van der Waals surface area contributed by atoms with E-state index in [1.807, 2.05) is 67.6 Å². The minimum Gasteiger partial charge on any atom is -0.373 e. The van der Waals surface area contributed by atoms with Crippen LogP contribution in [0.2, 0.25) is 0 Å². The summed E-state index contributed by atoms with van der Waals surface area (Å²) in [6, 6.07) is 19.9. The fourth-order valence-corrected chi connectivity index (χ4v) is 5.08. The number of rotatable bonds is 3. The van der Waals surface area contributed by atoms with Crippen LogP contribution >= 0.6 is 15.9 Å². The molecule has 0 spiro atoms. The van der Waals surface area contributed by atoms with Crippen molar-refractivity contribution in [1.82, 2.24) is 4.90 Å². The zero-order chi connectivity index (χ0) is 20.6. The fraction of sp³-hybridized carbons (Fsp3) is 0.333. The summed E-state index contributed by atoms with van der Waals surface area (Å²) in [4.78, 5) is 15.3. The maximum Gasteiger partial charge on any atom is 0.246 e. The van der Waals surface area contributed by atoms with Crippen LogP contribution in [0.3, 0.4) is 0 Å². The summed E-state index contributed by atoms with van der Waals surface area (Å²) in [6.07, 6.45) is 2.16. The number of aliphatic hydroxyl groups excluding tert-OH is 1. The lowest BCUT2D eigenvalue weighted by molar-refractivity contribution is -0.166. The lowest BCUT2D eigenvalue weighted by Crippen LogP contribution is -2.59. The third kappa shape index (κ3) is 3.41. The molecule has 0 radical (unpaired) electrons. The Morgan fingerprint density at radius 2 is 1.90 bits per heavy atom. The van der Waals surface area contributed by atoms with Gasteiger partial charge < -0.3 is 10.0 Å². The second kappa shape index (κ2) is 7.78. The molecule has 2 aliphatic rings. The predicted octanol–water partition coefficient (Wildman–Crippen LogP) is 4.76. The number of allylic oxidation sites excluding steroid dienone is 2. The van der Waals surface area contributed by atoms with Crippen molar-refractivity contribution in [2.75, 3.05) is 0 Å². The molecule has 1 aliphatic heterocycles. The van der Waals surface area contributed by atoms with Gasteiger partial charge in [0.15, 0.2) is 0 Å². The van der Waals surface area contributed by atoms with E-state index in [0.717, 1.165) is 21.2 Å². The molecule has 1 N–H and O–H groups in total. The highest BCUT2D eigenvalue weighted by Crippen LogP contribution is 2.54. The minimum absolute atomic E-state index is 0.242. The second-order valence-electron chi connectivity index (χ2n) is 8.04. The highest BCUT2D eigenvalue weighted by atomic mass is 79.9. The van der Waals surface area contributed by atoms with E-state index in [1.54, 1.807) is 0 Å². The van der Waals surface area contributed by atoms with E-state index in [1.165, 1.54) is 4.90 Å². The fourth-order valence-electron chi connectivity index (χ4n) is 4.82. The highest BCUT2D eigenvalue weighted by Gasteiger charge is 2.59. The largest absolute Gasteiger partial charge is 0.373 e. The normalized spacial score (nSPS) is 29.0. The lowest BCUT2D eigenvalue weighted by Gasteiger charge is -2.50. The van der Waals surface area contributed by atoms with Gasteiger partial charge in [-0.3, -0.25) is 4.79 Å². The van der Waals surface area contributed by atoms with Gasteiger partial charge in [-0.05, 0) is 36.6 Å². The van der Waals surface area contributed by atoms with Crippen molar-refractivity contribution in [1.29, 1.82) is 5.26 Å². The number of nitrogens with zero attached hydrogens (tertiary/aromatic N) is 2. The topological polar surface area (TPSA) is 64.3 Å².